The number of carbonyl (C=O) groups excluding carboxylic acids is 10. The average molecular weight is 2430 g/mol. The van der Waals surface area contributed by atoms with Crippen LogP contribution < -0.4 is 51.6 Å². The third-order valence-corrected chi connectivity index (χ3v) is 20.9. The van der Waals surface area contributed by atoms with Gasteiger partial charge in [0.05, 0.1) is 79.9 Å². The number of carboxylic acids is 2. The van der Waals surface area contributed by atoms with E-state index in [0.717, 1.165) is 22.3 Å². The predicted molar refractivity (Wildman–Crippen MR) is 531 cm³/mol. The molecule has 4 aliphatic rings. The number of carboxylic acid groups (broad SMARTS) is 2. The topological polar surface area (TPSA) is 515 Å². The zero-order valence-corrected chi connectivity index (χ0v) is 94.8. The molecule has 0 bridgehead atoms. The van der Waals surface area contributed by atoms with Crippen molar-refractivity contribution in [1.82, 2.24) is 79.1 Å². The molecule has 0 saturated heterocycles. The minimum Gasteiger partial charge on any atom is -0.870 e. The largest absolute Gasteiger partial charge is 1.00 e. The second-order valence-corrected chi connectivity index (χ2v) is 37.3. The number of methoxy groups -OCH3 is 2. The maximum atomic E-state index is 13.3. The molecule has 39 nitrogen and oxygen atoms in total. The van der Waals surface area contributed by atoms with Crippen molar-refractivity contribution in [1.29, 1.82) is 5.34 Å². The number of amides is 8. The third kappa shape index (κ3) is 36.8. The first-order chi connectivity index (χ1) is 65.7. The van der Waals surface area contributed by atoms with Gasteiger partial charge in [-0.25, -0.2) is 53.5 Å². The number of benzene rings is 4. The van der Waals surface area contributed by atoms with Gasteiger partial charge in [0, 0.05) is 144 Å². The zero-order valence-electron chi connectivity index (χ0n) is 89.5. The van der Waals surface area contributed by atoms with Gasteiger partial charge in [0.15, 0.2) is 22.8 Å². The summed E-state index contributed by atoms with van der Waals surface area (Å²) in [7, 11) is 6.66. The number of imidazole rings is 4. The standard InChI is InChI=1S/C24H33N5O4.C24H32N4O5.C23H30N4O5.C18H21N3O4.C6H13NO2.CH5N.2BH2.Li.H2O.H2S.2U/c1-15(2)18(21(30)25-6)27-22(31)19-17-14-28(23(32)33-24(3,4)5)12-13-29(17)20(26-19)16-10-8-7-9-11-16;1-15(2)18(22(30)32-6)26-21(29)19-17-14-27(23(31)33-24(3,4)5)12-13-28(17)20(25-19)16-10-8-7-9-11-16;1-14(2)17(21(29)30)25-20(28)18-16-13-26(22(31)32-23(3,4)5)11-12-27(16)19(24-18)15-9-7-6-8-10-15;1-18(2,3)25-17(24)20-9-10-21-13(11-20)14(16(22)23)19-15(21)12-7-5-4-6-8-12;1-4(2)5(7)6(8)9-3;1-2;;;;;;;/h7-11,15,18H,12-14H2,1-6H3,(H,25,30)(H,27,31);7-11,15,18H,12-14H2,1-6H3,(H,26,29);6-10,14,17H,11-13H2,1-5H3,(H,25,28)(H,29,30);4-8H,9-11H2,1-3H3,(H,22,23);4-5H,7H2,1-3H3;2H2,1H3;2*1H2;;2*1H2;;/q;;;;;;;;+1;;;;/p-1/t2*18-;17-;;5-;;;;;;;;/m000.0......../s1/i;;;;;;2*1T2;;;;;. The zero-order chi connectivity index (χ0) is 105. The van der Waals surface area contributed by atoms with Crippen LogP contribution in [0.1, 0.15) is 203 Å². The quantitative estimate of drug-likeness (QED) is 0.0229. The fraction of sp³-hybridized carbons (Fsp3) is 0.500. The first kappa shape index (κ1) is 123. The Balaban J connectivity index is 0.00000179. The van der Waals surface area contributed by atoms with Crippen molar-refractivity contribution >= 4 is 102 Å². The number of hydrogen-bond donors (Lipinski definition) is 8. The number of aromatic nitrogens is 8. The molecule has 762 valence electrons. The molecule has 8 amide bonds. The molecule has 8 heterocycles. The van der Waals surface area contributed by atoms with Gasteiger partial charge in [-0.05, 0) is 119 Å². The summed E-state index contributed by atoms with van der Waals surface area (Å²) >= 11 is 0. The third-order valence-electron chi connectivity index (χ3n) is 20.9. The summed E-state index contributed by atoms with van der Waals surface area (Å²) < 4.78 is 61.9. The first-order valence-electron chi connectivity index (χ1n) is 46.8. The van der Waals surface area contributed by atoms with Crippen LogP contribution in [0.4, 0.5) is 19.2 Å². The van der Waals surface area contributed by atoms with Crippen molar-refractivity contribution in [3.05, 3.63) is 167 Å². The molecule has 0 saturated carbocycles. The van der Waals surface area contributed by atoms with E-state index in [0.29, 0.717) is 115 Å². The van der Waals surface area contributed by atoms with Crippen LogP contribution in [0.25, 0.3) is 45.6 Å². The molecule has 45 heteroatoms. The van der Waals surface area contributed by atoms with Crippen LogP contribution in [0, 0.1) is 85.9 Å². The van der Waals surface area contributed by atoms with Gasteiger partial charge >= 0.3 is 67.1 Å². The van der Waals surface area contributed by atoms with Crippen molar-refractivity contribution in [2.75, 3.05) is 54.5 Å². The van der Waals surface area contributed by atoms with E-state index in [1.54, 1.807) is 65.2 Å². The number of fused-ring (bicyclic) bond motifs is 4. The number of nitrogens with two attached hydrogens (primary N) is 2. The number of nitrogens with zero attached hydrogens (tertiary/aromatic N) is 12. The molecular formula is C96H141B2LiN18O21SU2. The minimum atomic E-state index is -1.11. The van der Waals surface area contributed by atoms with Crippen LogP contribution in [0.3, 0.4) is 0 Å². The number of nitrogens with one attached hydrogen (secondary N) is 4. The molecule has 0 unspecified atom stereocenters. The van der Waals surface area contributed by atoms with E-state index in [1.807, 2.05) is 223 Å². The normalized spacial score (nSPS) is 13.7. The fourth-order valence-electron chi connectivity index (χ4n) is 14.2. The van der Waals surface area contributed by atoms with Crippen LogP contribution in [-0.2, 0) is 100.0 Å². The van der Waals surface area contributed by atoms with E-state index in [9.17, 15) is 67.7 Å². The smallest absolute Gasteiger partial charge is 0.870 e. The average Bonchev–Trinajstić information content (AvgIpc) is 1.63. The van der Waals surface area contributed by atoms with E-state index >= 15 is 0 Å². The van der Waals surface area contributed by atoms with E-state index in [4.69, 9.17) is 34.8 Å². The summed E-state index contributed by atoms with van der Waals surface area (Å²) in [6.07, 6.45) is -1.80. The summed E-state index contributed by atoms with van der Waals surface area (Å²) in [5.74, 6) is -2.81. The SMILES string of the molecule is CC(C)(C)OC(=O)N1CCn2c(-c3ccccc3)nc(C(=O)O)c2C1.CC(C)[C@H](NC(=O)c1nc(-c2ccccc2)n2c1CN(C(=O)OC(C)(C)C)CC2)C(=O)O.CN.CNC(=O)[C@@H](NC(=O)c1nc(-c2ccccc2)n2c1CN(C(=O)OC(C)(C)C)CC2)C(C)C.COC(=O)[C@@H](N)C(C)C.COC(=O)[C@@H](NC(=O)c1nc(-c2ccccc2)n2c1CN(C(=O)OC(C)(C)C)CC2)C(C)C.S.[3H][B][3H].[3H][B][3H].[Li+].[OH-].[U].[U]. The van der Waals surface area contributed by atoms with Gasteiger partial charge in [-0.1, -0.05) is 177 Å². The maximum absolute atomic E-state index is 13.3. The van der Waals surface area contributed by atoms with E-state index in [1.165, 1.54) is 38.1 Å². The van der Waals surface area contributed by atoms with Crippen molar-refractivity contribution in [3.8, 4) is 45.6 Å². The van der Waals surface area contributed by atoms with Gasteiger partial charge < -0.3 is 115 Å². The number of carbonyl (C=O) groups is 12. The molecule has 4 aromatic heterocycles. The monoisotopic (exact) mass is 2430 g/mol. The van der Waals surface area contributed by atoms with Crippen LogP contribution in [0.2, 0.25) is 0 Å². The van der Waals surface area contributed by atoms with Crippen molar-refractivity contribution < 1.29 is 183 Å². The molecular weight excluding hydrogens is 2280 g/mol. The molecule has 8 aromatic rings. The fourth-order valence-corrected chi connectivity index (χ4v) is 14.2. The molecule has 4 aliphatic heterocycles. The van der Waals surface area contributed by atoms with Crippen LogP contribution in [-0.4, -0.2) is 268 Å². The molecule has 141 heavy (non-hydrogen) atoms. The van der Waals surface area contributed by atoms with E-state index < -0.39 is 107 Å². The molecule has 4 atom stereocenters. The van der Waals surface area contributed by atoms with E-state index in [2.05, 4.69) is 51.7 Å². The van der Waals surface area contributed by atoms with Crippen molar-refractivity contribution in [2.45, 2.75) is 237 Å². The molecule has 2 radical (unpaired) electrons. The number of hydrogen-bond acceptors (Lipinski definition) is 25. The Morgan fingerprint density at radius 2 is 0.617 bits per heavy atom. The molecule has 4 aromatic carbocycles. The first-order valence-corrected chi connectivity index (χ1v) is 44.5. The Kier molecular flexibility index (Phi) is 50.9. The number of esters is 2. The Hall–Kier alpha value is -10.4. The molecule has 0 fully saturated rings. The van der Waals surface area contributed by atoms with E-state index in [-0.39, 0.29) is 185 Å². The predicted octanol–water partition coefficient (Wildman–Crippen LogP) is 6.99. The summed E-state index contributed by atoms with van der Waals surface area (Å²) in [6, 6.07) is 35.0. The summed E-state index contributed by atoms with van der Waals surface area (Å²) in [6.45, 7) is 40.4. The number of rotatable bonds is 19. The van der Waals surface area contributed by atoms with Crippen molar-refractivity contribution in [2.24, 2.45) is 35.1 Å². The Bertz CT molecular complexity index is 5330. The van der Waals surface area contributed by atoms with Gasteiger partial charge in [-0.2, -0.15) is 13.5 Å². The van der Waals surface area contributed by atoms with Crippen LogP contribution >= 0.6 is 13.5 Å². The molecule has 0 aliphatic carbocycles. The number of aliphatic carboxylic acids is 1. The second-order valence-electron chi connectivity index (χ2n) is 37.3. The maximum Gasteiger partial charge on any atom is 1.00 e. The van der Waals surface area contributed by atoms with Gasteiger partial charge in [0.25, 0.3) is 17.7 Å². The molecule has 12 rings (SSSR count). The Morgan fingerprint density at radius 3 is 0.816 bits per heavy atom. The van der Waals surface area contributed by atoms with Gasteiger partial charge in [-0.15, -0.1) is 0 Å². The summed E-state index contributed by atoms with van der Waals surface area (Å²) in [4.78, 5) is 173. The van der Waals surface area contributed by atoms with Gasteiger partial charge in [0.2, 0.25) is 5.91 Å². The number of likely N-dealkylation sites (N-methyl/N-ethyl adjacent to an activating group) is 1. The molecule has 0 spiro atoms. The van der Waals surface area contributed by atoms with Crippen molar-refractivity contribution in [3.63, 3.8) is 0 Å². The summed E-state index contributed by atoms with van der Waals surface area (Å²) in [5.41, 5.74) is 13.6. The molecule has 11 N–H and O–H groups in total. The second kappa shape index (κ2) is 58.4. The summed E-state index contributed by atoms with van der Waals surface area (Å²) in [5, 5.41) is 29.7. The number of aromatic carboxylic acids is 1. The Labute approximate surface area is 901 Å². The van der Waals surface area contributed by atoms with Crippen LogP contribution in [0.15, 0.2) is 121 Å². The minimum absolute atomic E-state index is 0. The van der Waals surface area contributed by atoms with Crippen LogP contribution in [0.5, 0.6) is 0 Å². The number of ether oxygens (including phenoxy) is 6. The van der Waals surface area contributed by atoms with Gasteiger partial charge in [0.1, 0.15) is 69.9 Å². The van der Waals surface area contributed by atoms with Gasteiger partial charge in [-0.3, -0.25) is 24.0 Å². The Morgan fingerprint density at radius 1 is 0.390 bits per heavy atom.